The number of nitrogens with zero attached hydrogens (tertiary/aromatic N) is 2. The zero-order chi connectivity index (χ0) is 30.5. The Morgan fingerprint density at radius 1 is 0.977 bits per heavy atom. The first-order chi connectivity index (χ1) is 20.7. The number of nitrogens with one attached hydrogen (secondary N) is 1. The molecule has 5 rings (SSSR count). The molecule has 2 aromatic carbocycles. The van der Waals surface area contributed by atoms with Crippen LogP contribution in [-0.2, 0) is 26.0 Å². The van der Waals surface area contributed by atoms with Crippen molar-refractivity contribution in [3.63, 3.8) is 0 Å². The number of hydrogen-bond acceptors (Lipinski definition) is 5. The first-order valence-corrected chi connectivity index (χ1v) is 17.5. The summed E-state index contributed by atoms with van der Waals surface area (Å²) >= 11 is 0. The average Bonchev–Trinajstić information content (AvgIpc) is 3.32. The molecule has 232 valence electrons. The van der Waals surface area contributed by atoms with Crippen LogP contribution in [0.3, 0.4) is 0 Å². The molecular formula is C35H47N3O4S. The second kappa shape index (κ2) is 13.8. The van der Waals surface area contributed by atoms with Gasteiger partial charge in [-0.15, -0.1) is 0 Å². The largest absolute Gasteiger partial charge is 0.353 e. The second-order valence-electron chi connectivity index (χ2n) is 12.7. The topological polar surface area (TPSA) is 86.8 Å². The Hall–Kier alpha value is -2.97. The fraction of sp³-hybridized carbons (Fsp3) is 0.543. The molecule has 2 aromatic rings. The van der Waals surface area contributed by atoms with E-state index in [0.717, 1.165) is 75.8 Å². The van der Waals surface area contributed by atoms with Crippen molar-refractivity contribution in [2.75, 3.05) is 26.2 Å². The number of likely N-dealkylation sites (tertiary alicyclic amines) is 2. The second-order valence-corrected chi connectivity index (χ2v) is 14.9. The summed E-state index contributed by atoms with van der Waals surface area (Å²) in [6, 6.07) is 17.4. The highest BCUT2D eigenvalue weighted by Gasteiger charge is 2.48. The molecule has 2 heterocycles. The van der Waals surface area contributed by atoms with Gasteiger partial charge >= 0.3 is 0 Å². The van der Waals surface area contributed by atoms with Gasteiger partial charge in [-0.3, -0.25) is 9.59 Å². The van der Waals surface area contributed by atoms with E-state index in [1.807, 2.05) is 35.2 Å². The van der Waals surface area contributed by atoms with Crippen LogP contribution in [0.5, 0.6) is 0 Å². The standard InChI is InChI=1S/C35H47N3O4S/c1-3-27(2)43(41,42)31-16-14-28(15-17-31)26-38-25-21-35(34(38)40)19-23-37(24-20-35)22-18-32(29-10-6-4-7-11-29)33(39)36-30-12-8-5-9-13-30/h3-4,6-7,10-11,14-17,30,32H,5,8-9,12-13,18-26H2,1-2H3,(H,36,39)/b27-3+. The number of hydrogen-bond donors (Lipinski definition) is 1. The molecule has 1 aliphatic carbocycles. The zero-order valence-electron chi connectivity index (χ0n) is 25.8. The van der Waals surface area contributed by atoms with Gasteiger partial charge < -0.3 is 15.1 Å². The summed E-state index contributed by atoms with van der Waals surface area (Å²) in [5.41, 5.74) is 1.71. The van der Waals surface area contributed by atoms with Crippen molar-refractivity contribution in [1.82, 2.24) is 15.1 Å². The molecule has 0 aromatic heterocycles. The Balaban J connectivity index is 1.14. The third kappa shape index (κ3) is 7.23. The minimum atomic E-state index is -3.46. The molecule has 8 heteroatoms. The number of carbonyl (C=O) groups excluding carboxylic acids is 2. The van der Waals surface area contributed by atoms with E-state index in [1.54, 1.807) is 32.1 Å². The highest BCUT2D eigenvalue weighted by Crippen LogP contribution is 2.42. The molecule has 1 atom stereocenters. The number of amides is 2. The van der Waals surface area contributed by atoms with E-state index in [2.05, 4.69) is 22.3 Å². The Kier molecular flexibility index (Phi) is 10.1. The van der Waals surface area contributed by atoms with Crippen molar-refractivity contribution in [3.8, 4) is 0 Å². The predicted molar refractivity (Wildman–Crippen MR) is 170 cm³/mol. The average molecular weight is 606 g/mol. The normalized spacial score (nSPS) is 20.8. The van der Waals surface area contributed by atoms with Gasteiger partial charge in [0.05, 0.1) is 16.2 Å². The lowest BCUT2D eigenvalue weighted by Gasteiger charge is -2.38. The van der Waals surface area contributed by atoms with Crippen LogP contribution in [0, 0.1) is 5.41 Å². The zero-order valence-corrected chi connectivity index (χ0v) is 26.6. The summed E-state index contributed by atoms with van der Waals surface area (Å²) in [7, 11) is -3.46. The molecule has 0 radical (unpaired) electrons. The molecule has 1 saturated carbocycles. The Labute approximate surface area is 257 Å². The van der Waals surface area contributed by atoms with Crippen LogP contribution in [0.25, 0.3) is 0 Å². The smallest absolute Gasteiger partial charge is 0.229 e. The van der Waals surface area contributed by atoms with Crippen molar-refractivity contribution >= 4 is 21.7 Å². The first-order valence-electron chi connectivity index (χ1n) is 16.1. The van der Waals surface area contributed by atoms with Gasteiger partial charge in [-0.05, 0) is 95.3 Å². The Morgan fingerprint density at radius 2 is 1.63 bits per heavy atom. The molecular weight excluding hydrogens is 558 g/mol. The number of sulfone groups is 1. The van der Waals surface area contributed by atoms with Gasteiger partial charge in [0.15, 0.2) is 0 Å². The van der Waals surface area contributed by atoms with E-state index in [1.165, 1.54) is 19.3 Å². The summed E-state index contributed by atoms with van der Waals surface area (Å²) in [4.78, 5) is 32.0. The molecule has 7 nitrogen and oxygen atoms in total. The van der Waals surface area contributed by atoms with Crippen LogP contribution >= 0.6 is 0 Å². The number of rotatable bonds is 10. The van der Waals surface area contributed by atoms with Gasteiger partial charge in [-0.1, -0.05) is 67.8 Å². The fourth-order valence-corrected chi connectivity index (χ4v) is 8.22. The molecule has 2 amide bonds. The summed E-state index contributed by atoms with van der Waals surface area (Å²) in [6.07, 6.45) is 10.7. The maximum Gasteiger partial charge on any atom is 0.229 e. The summed E-state index contributed by atoms with van der Waals surface area (Å²) in [5, 5.41) is 3.35. The van der Waals surface area contributed by atoms with Gasteiger partial charge in [0.25, 0.3) is 0 Å². The van der Waals surface area contributed by atoms with Crippen LogP contribution < -0.4 is 5.32 Å². The minimum Gasteiger partial charge on any atom is -0.353 e. The van der Waals surface area contributed by atoms with Crippen LogP contribution in [-0.4, -0.2) is 62.3 Å². The Bertz CT molecular complexity index is 1390. The van der Waals surface area contributed by atoms with E-state index in [-0.39, 0.29) is 28.0 Å². The first kappa shape index (κ1) is 31.5. The van der Waals surface area contributed by atoms with Crippen molar-refractivity contribution in [2.45, 2.75) is 95.0 Å². The van der Waals surface area contributed by atoms with Gasteiger partial charge in [-0.25, -0.2) is 8.42 Å². The monoisotopic (exact) mass is 605 g/mol. The van der Waals surface area contributed by atoms with Crippen LogP contribution in [0.2, 0.25) is 0 Å². The highest BCUT2D eigenvalue weighted by atomic mass is 32.2. The van der Waals surface area contributed by atoms with E-state index in [4.69, 9.17) is 0 Å². The van der Waals surface area contributed by atoms with Crippen molar-refractivity contribution < 1.29 is 18.0 Å². The maximum absolute atomic E-state index is 13.6. The van der Waals surface area contributed by atoms with Crippen LogP contribution in [0.1, 0.15) is 88.7 Å². The van der Waals surface area contributed by atoms with E-state index in [9.17, 15) is 18.0 Å². The summed E-state index contributed by atoms with van der Waals surface area (Å²) in [5.74, 6) is 0.212. The van der Waals surface area contributed by atoms with E-state index >= 15 is 0 Å². The third-order valence-corrected chi connectivity index (χ3v) is 12.0. The SMILES string of the molecule is C/C=C(\C)S(=O)(=O)c1ccc(CN2CCC3(CCN(CCC(C(=O)NC4CCCCC4)c4ccccc4)CC3)C2=O)cc1. The van der Waals surface area contributed by atoms with Crippen LogP contribution in [0.15, 0.2) is 70.5 Å². The lowest BCUT2D eigenvalue weighted by molar-refractivity contribution is -0.138. The number of carbonyl (C=O) groups is 2. The third-order valence-electron chi connectivity index (χ3n) is 10.1. The summed E-state index contributed by atoms with van der Waals surface area (Å²) in [6.45, 7) is 7.13. The van der Waals surface area contributed by atoms with Gasteiger partial charge in [0.2, 0.25) is 21.7 Å². The molecule has 1 unspecified atom stereocenters. The van der Waals surface area contributed by atoms with E-state index in [0.29, 0.717) is 17.5 Å². The fourth-order valence-electron chi connectivity index (χ4n) is 7.04. The maximum atomic E-state index is 13.6. The predicted octanol–water partition coefficient (Wildman–Crippen LogP) is 5.82. The van der Waals surface area contributed by atoms with Gasteiger partial charge in [0, 0.05) is 24.0 Å². The number of benzene rings is 2. The molecule has 0 bridgehead atoms. The van der Waals surface area contributed by atoms with Crippen molar-refractivity contribution in [1.29, 1.82) is 0 Å². The van der Waals surface area contributed by atoms with E-state index < -0.39 is 9.84 Å². The Morgan fingerprint density at radius 3 is 2.28 bits per heavy atom. The minimum absolute atomic E-state index is 0.149. The van der Waals surface area contributed by atoms with Gasteiger partial charge in [0.1, 0.15) is 0 Å². The molecule has 2 saturated heterocycles. The number of piperidine rings is 1. The van der Waals surface area contributed by atoms with Crippen LogP contribution in [0.4, 0.5) is 0 Å². The number of allylic oxidation sites excluding steroid dienone is 2. The molecule has 3 aliphatic rings. The van der Waals surface area contributed by atoms with Crippen molar-refractivity contribution in [3.05, 3.63) is 76.7 Å². The molecule has 3 fully saturated rings. The lowest BCUT2D eigenvalue weighted by atomic mass is 9.77. The van der Waals surface area contributed by atoms with Gasteiger partial charge in [-0.2, -0.15) is 0 Å². The lowest BCUT2D eigenvalue weighted by Crippen LogP contribution is -2.45. The molecule has 1 spiro atoms. The summed E-state index contributed by atoms with van der Waals surface area (Å²) < 4.78 is 25.2. The quantitative estimate of drug-likeness (QED) is 0.369. The van der Waals surface area contributed by atoms with Crippen molar-refractivity contribution in [2.24, 2.45) is 5.41 Å². The molecule has 1 N–H and O–H groups in total. The molecule has 2 aliphatic heterocycles. The molecule has 43 heavy (non-hydrogen) atoms. The highest BCUT2D eigenvalue weighted by molar-refractivity contribution is 7.95.